The van der Waals surface area contributed by atoms with E-state index in [1.165, 1.54) is 0 Å². The van der Waals surface area contributed by atoms with E-state index in [-0.39, 0.29) is 12.0 Å². The predicted molar refractivity (Wildman–Crippen MR) is 45.9 cm³/mol. The number of hydrogen-bond donors (Lipinski definition) is 1. The molecule has 0 saturated carbocycles. The fraction of sp³-hybridized carbons (Fsp3) is 0.300. The van der Waals surface area contributed by atoms with Crippen molar-refractivity contribution in [2.75, 3.05) is 0 Å². The Bertz CT molecular complexity index is 324. The maximum atomic E-state index is 12.8. The summed E-state index contributed by atoms with van der Waals surface area (Å²) in [5.41, 5.74) is -1.66. The Morgan fingerprint density at radius 2 is 1.71 bits per heavy atom. The van der Waals surface area contributed by atoms with E-state index in [1.54, 1.807) is 6.92 Å². The van der Waals surface area contributed by atoms with Gasteiger partial charge in [0.1, 0.15) is 0 Å². The minimum absolute atomic E-state index is 0.0728. The van der Waals surface area contributed by atoms with Crippen LogP contribution in [0, 0.1) is 24.4 Å². The maximum Gasteiger partial charge on any atom is 0.194 e. The molecule has 1 N–H and O–H groups in total. The molecule has 1 atom stereocenters. The van der Waals surface area contributed by atoms with Crippen molar-refractivity contribution < 1.29 is 18.3 Å². The number of aliphatic hydroxyl groups is 1. The predicted octanol–water partition coefficient (Wildman–Crippen LogP) is 2.54. The second kappa shape index (κ2) is 3.61. The number of rotatable bonds is 2. The summed E-state index contributed by atoms with van der Waals surface area (Å²) in [7, 11) is 0. The number of hydrogen-bond acceptors (Lipinski definition) is 1. The molecule has 1 nitrogen and oxygen atoms in total. The lowest BCUT2D eigenvalue weighted by atomic mass is 9.93. The summed E-state index contributed by atoms with van der Waals surface area (Å²) in [6.07, 6.45) is 0.178. The molecule has 14 heavy (non-hydrogen) atoms. The average molecular weight is 203 g/mol. The van der Waals surface area contributed by atoms with Crippen LogP contribution in [0.1, 0.15) is 18.9 Å². The van der Waals surface area contributed by atoms with Crippen LogP contribution in [0.25, 0.3) is 0 Å². The third-order valence-electron chi connectivity index (χ3n) is 2.11. The highest BCUT2D eigenvalue weighted by Gasteiger charge is 2.24. The Morgan fingerprint density at radius 3 is 2.07 bits per heavy atom. The topological polar surface area (TPSA) is 20.2 Å². The van der Waals surface area contributed by atoms with Gasteiger partial charge in [-0.05, 0) is 31.0 Å². The van der Waals surface area contributed by atoms with E-state index in [1.807, 2.05) is 0 Å². The third-order valence-corrected chi connectivity index (χ3v) is 2.11. The molecule has 0 fully saturated rings. The minimum atomic E-state index is -1.59. The molecule has 0 aliphatic heterocycles. The van der Waals surface area contributed by atoms with Crippen molar-refractivity contribution >= 4 is 0 Å². The summed E-state index contributed by atoms with van der Waals surface area (Å²) in [5.74, 6) is -4.19. The molecular weight excluding hydrogens is 193 g/mol. The van der Waals surface area contributed by atoms with Gasteiger partial charge < -0.3 is 5.11 Å². The minimum Gasteiger partial charge on any atom is -0.385 e. The molecule has 1 radical (unpaired) electrons. The van der Waals surface area contributed by atoms with Crippen LogP contribution in [0.15, 0.2) is 12.1 Å². The van der Waals surface area contributed by atoms with Crippen LogP contribution >= 0.6 is 0 Å². The highest BCUT2D eigenvalue weighted by Crippen LogP contribution is 2.26. The highest BCUT2D eigenvalue weighted by molar-refractivity contribution is 5.26. The summed E-state index contributed by atoms with van der Waals surface area (Å²) >= 11 is 0. The zero-order valence-corrected chi connectivity index (χ0v) is 7.65. The van der Waals surface area contributed by atoms with Crippen molar-refractivity contribution in [3.8, 4) is 0 Å². The third kappa shape index (κ3) is 1.90. The first-order valence-corrected chi connectivity index (χ1v) is 4.11. The lowest BCUT2D eigenvalue weighted by molar-refractivity contribution is 0.0811. The number of halogens is 3. The monoisotopic (exact) mass is 203 g/mol. The fourth-order valence-electron chi connectivity index (χ4n) is 1.03. The van der Waals surface area contributed by atoms with Gasteiger partial charge in [0.25, 0.3) is 0 Å². The van der Waals surface area contributed by atoms with Gasteiger partial charge in [0.05, 0.1) is 5.60 Å². The van der Waals surface area contributed by atoms with Crippen LogP contribution in [-0.4, -0.2) is 5.11 Å². The number of benzene rings is 1. The van der Waals surface area contributed by atoms with Gasteiger partial charge >= 0.3 is 0 Å². The summed E-state index contributed by atoms with van der Waals surface area (Å²) in [4.78, 5) is 0. The zero-order chi connectivity index (χ0) is 10.9. The summed E-state index contributed by atoms with van der Waals surface area (Å²) in [6.45, 7) is 4.97. The van der Waals surface area contributed by atoms with Crippen molar-refractivity contribution in [1.82, 2.24) is 0 Å². The molecule has 0 aromatic heterocycles. The molecule has 0 aliphatic carbocycles. The Balaban J connectivity index is 3.26. The highest BCUT2D eigenvalue weighted by atomic mass is 19.2. The summed E-state index contributed by atoms with van der Waals surface area (Å²) in [6, 6.07) is 1.49. The van der Waals surface area contributed by atoms with Gasteiger partial charge in [-0.15, -0.1) is 0 Å². The molecule has 0 bridgehead atoms. The van der Waals surface area contributed by atoms with Crippen LogP contribution in [0.3, 0.4) is 0 Å². The van der Waals surface area contributed by atoms with Gasteiger partial charge in [-0.1, -0.05) is 6.92 Å². The SMILES string of the molecule is [CH2]C(O)(CC)c1cc(F)c(F)c(F)c1. The molecular formula is C10H10F3O. The molecule has 0 amide bonds. The normalized spacial score (nSPS) is 15.3. The first-order valence-electron chi connectivity index (χ1n) is 4.11. The van der Waals surface area contributed by atoms with Gasteiger partial charge in [0.15, 0.2) is 17.5 Å². The van der Waals surface area contributed by atoms with Gasteiger partial charge in [0.2, 0.25) is 0 Å². The van der Waals surface area contributed by atoms with Crippen molar-refractivity contribution in [1.29, 1.82) is 0 Å². The molecule has 1 rings (SSSR count). The van der Waals surface area contributed by atoms with E-state index in [2.05, 4.69) is 6.92 Å². The molecule has 0 spiro atoms. The molecule has 0 aliphatic rings. The second-order valence-corrected chi connectivity index (χ2v) is 3.14. The van der Waals surface area contributed by atoms with E-state index in [9.17, 15) is 18.3 Å². The van der Waals surface area contributed by atoms with Gasteiger partial charge in [0, 0.05) is 0 Å². The molecule has 4 heteroatoms. The zero-order valence-electron chi connectivity index (χ0n) is 7.65. The lowest BCUT2D eigenvalue weighted by Crippen LogP contribution is -2.21. The van der Waals surface area contributed by atoms with Gasteiger partial charge in [-0.25, -0.2) is 13.2 Å². The van der Waals surface area contributed by atoms with Crippen LogP contribution in [0.5, 0.6) is 0 Å². The first kappa shape index (κ1) is 11.0. The molecule has 0 heterocycles. The molecule has 1 unspecified atom stereocenters. The lowest BCUT2D eigenvalue weighted by Gasteiger charge is -2.21. The van der Waals surface area contributed by atoms with Crippen LogP contribution < -0.4 is 0 Å². The Kier molecular flexibility index (Phi) is 2.85. The summed E-state index contributed by atoms with van der Waals surface area (Å²) in [5, 5.41) is 9.57. The largest absolute Gasteiger partial charge is 0.385 e. The Labute approximate surface area is 80.2 Å². The van der Waals surface area contributed by atoms with Crippen molar-refractivity contribution in [3.63, 3.8) is 0 Å². The van der Waals surface area contributed by atoms with Crippen molar-refractivity contribution in [2.45, 2.75) is 18.9 Å². The molecule has 1 aromatic carbocycles. The first-order chi connectivity index (χ1) is 6.38. The van der Waals surface area contributed by atoms with Gasteiger partial charge in [-0.3, -0.25) is 0 Å². The average Bonchev–Trinajstić information content (AvgIpc) is 2.13. The van der Waals surface area contributed by atoms with Crippen molar-refractivity contribution in [3.05, 3.63) is 42.1 Å². The quantitative estimate of drug-likeness (QED) is 0.732. The van der Waals surface area contributed by atoms with Crippen molar-refractivity contribution in [2.24, 2.45) is 0 Å². The molecule has 77 valence electrons. The van der Waals surface area contributed by atoms with E-state index in [0.29, 0.717) is 0 Å². The van der Waals surface area contributed by atoms with E-state index in [0.717, 1.165) is 12.1 Å². The summed E-state index contributed by atoms with van der Waals surface area (Å²) < 4.78 is 38.1. The van der Waals surface area contributed by atoms with Gasteiger partial charge in [-0.2, -0.15) is 0 Å². The van der Waals surface area contributed by atoms with E-state index < -0.39 is 23.1 Å². The second-order valence-electron chi connectivity index (χ2n) is 3.14. The Hall–Kier alpha value is -1.03. The van der Waals surface area contributed by atoms with Crippen LogP contribution in [-0.2, 0) is 5.60 Å². The molecule has 0 saturated heterocycles. The Morgan fingerprint density at radius 1 is 1.29 bits per heavy atom. The smallest absolute Gasteiger partial charge is 0.194 e. The van der Waals surface area contributed by atoms with Crippen LogP contribution in [0.4, 0.5) is 13.2 Å². The van der Waals surface area contributed by atoms with E-state index >= 15 is 0 Å². The van der Waals surface area contributed by atoms with Crippen LogP contribution in [0.2, 0.25) is 0 Å². The standard InChI is InChI=1S/C10H10F3O/c1-3-10(2,14)6-4-7(11)9(13)8(12)5-6/h4-5,14H,2-3H2,1H3. The van der Waals surface area contributed by atoms with E-state index in [4.69, 9.17) is 0 Å². The molecule has 1 aromatic rings. The fourth-order valence-corrected chi connectivity index (χ4v) is 1.03. The maximum absolute atomic E-state index is 12.8.